The van der Waals surface area contributed by atoms with Crippen LogP contribution in [0.15, 0.2) is 77.7 Å². The topological polar surface area (TPSA) is 121 Å². The summed E-state index contributed by atoms with van der Waals surface area (Å²) in [5.41, 5.74) is 1.31. The standard InChI is InChI=1S/C26H24N2O7S/c1-17-8-13-21-22(16-17)25(30)28(24(21)29)15-14-23(26(31)32)27(2)36(33,34)20-11-9-19(10-12-20)35-18-6-4-3-5-7-18/h3-13,16,23H,14-15H2,1-2H3,(H,31,32). The van der Waals surface area contributed by atoms with Crippen molar-refractivity contribution in [1.82, 2.24) is 9.21 Å². The second kappa shape index (κ2) is 9.92. The summed E-state index contributed by atoms with van der Waals surface area (Å²) in [6.07, 6.45) is -0.273. The van der Waals surface area contributed by atoms with E-state index in [1.54, 1.807) is 49.4 Å². The molecule has 1 aliphatic rings. The van der Waals surface area contributed by atoms with E-state index in [0.29, 0.717) is 11.5 Å². The van der Waals surface area contributed by atoms with Crippen LogP contribution in [0, 0.1) is 6.92 Å². The van der Waals surface area contributed by atoms with E-state index < -0.39 is 33.8 Å². The van der Waals surface area contributed by atoms with Crippen molar-refractivity contribution < 1.29 is 32.6 Å². The van der Waals surface area contributed by atoms with Crippen molar-refractivity contribution in [2.75, 3.05) is 13.6 Å². The molecule has 0 spiro atoms. The van der Waals surface area contributed by atoms with E-state index >= 15 is 0 Å². The normalized spacial score (nSPS) is 14.1. The molecule has 1 N–H and O–H groups in total. The first-order chi connectivity index (χ1) is 17.1. The van der Waals surface area contributed by atoms with Crippen molar-refractivity contribution in [2.24, 2.45) is 0 Å². The van der Waals surface area contributed by atoms with Crippen molar-refractivity contribution in [2.45, 2.75) is 24.3 Å². The number of para-hydroxylation sites is 1. The average molecular weight is 509 g/mol. The zero-order valence-electron chi connectivity index (χ0n) is 19.6. The monoisotopic (exact) mass is 508 g/mol. The number of fused-ring (bicyclic) bond motifs is 1. The van der Waals surface area contributed by atoms with E-state index in [9.17, 15) is 27.9 Å². The molecule has 4 rings (SSSR count). The molecular formula is C26H24N2O7S. The molecule has 0 aliphatic carbocycles. The van der Waals surface area contributed by atoms with E-state index in [4.69, 9.17) is 4.74 Å². The van der Waals surface area contributed by atoms with Crippen molar-refractivity contribution in [3.05, 3.63) is 89.5 Å². The number of carbonyl (C=O) groups is 3. The fourth-order valence-corrected chi connectivity index (χ4v) is 5.30. The zero-order chi connectivity index (χ0) is 26.0. The summed E-state index contributed by atoms with van der Waals surface area (Å²) in [5, 5.41) is 9.76. The predicted octanol–water partition coefficient (Wildman–Crippen LogP) is 3.55. The summed E-state index contributed by atoms with van der Waals surface area (Å²) in [5.74, 6) is -1.45. The minimum Gasteiger partial charge on any atom is -0.480 e. The second-order valence-corrected chi connectivity index (χ2v) is 10.4. The molecule has 0 saturated carbocycles. The lowest BCUT2D eigenvalue weighted by atomic mass is 10.1. The smallest absolute Gasteiger partial charge is 0.322 e. The lowest BCUT2D eigenvalue weighted by Gasteiger charge is -2.25. The molecule has 0 saturated heterocycles. The van der Waals surface area contributed by atoms with E-state index in [1.165, 1.54) is 24.3 Å². The van der Waals surface area contributed by atoms with Crippen LogP contribution >= 0.6 is 0 Å². The minimum absolute atomic E-state index is 0.118. The average Bonchev–Trinajstić information content (AvgIpc) is 3.08. The van der Waals surface area contributed by atoms with Gasteiger partial charge in [-0.2, -0.15) is 4.31 Å². The number of nitrogens with zero attached hydrogens (tertiary/aromatic N) is 2. The Morgan fingerprint density at radius 1 is 0.944 bits per heavy atom. The summed E-state index contributed by atoms with van der Waals surface area (Å²) in [7, 11) is -3.04. The van der Waals surface area contributed by atoms with Crippen LogP contribution in [0.5, 0.6) is 11.5 Å². The van der Waals surface area contributed by atoms with Crippen LogP contribution in [0.4, 0.5) is 0 Å². The number of sulfonamides is 1. The van der Waals surface area contributed by atoms with Crippen molar-refractivity contribution in [1.29, 1.82) is 0 Å². The van der Waals surface area contributed by atoms with Gasteiger partial charge in [-0.15, -0.1) is 0 Å². The Morgan fingerprint density at radius 3 is 2.19 bits per heavy atom. The molecule has 1 heterocycles. The molecule has 0 aromatic heterocycles. The van der Waals surface area contributed by atoms with E-state index in [1.807, 2.05) is 6.07 Å². The number of likely N-dealkylation sites (N-methyl/N-ethyl adjacent to an activating group) is 1. The van der Waals surface area contributed by atoms with Gasteiger partial charge in [-0.3, -0.25) is 19.3 Å². The maximum Gasteiger partial charge on any atom is 0.322 e. The Morgan fingerprint density at radius 2 is 1.56 bits per heavy atom. The van der Waals surface area contributed by atoms with Gasteiger partial charge in [-0.25, -0.2) is 8.42 Å². The van der Waals surface area contributed by atoms with Crippen molar-refractivity contribution in [3.63, 3.8) is 0 Å². The van der Waals surface area contributed by atoms with Crippen LogP contribution < -0.4 is 4.74 Å². The third-order valence-corrected chi connectivity index (χ3v) is 7.84. The number of ether oxygens (including phenoxy) is 1. The molecule has 186 valence electrons. The fourth-order valence-electron chi connectivity index (χ4n) is 3.96. The highest BCUT2D eigenvalue weighted by Crippen LogP contribution is 2.27. The minimum atomic E-state index is -4.20. The van der Waals surface area contributed by atoms with Crippen molar-refractivity contribution >= 4 is 27.8 Å². The largest absolute Gasteiger partial charge is 0.480 e. The van der Waals surface area contributed by atoms with Gasteiger partial charge in [0.1, 0.15) is 17.5 Å². The highest BCUT2D eigenvalue weighted by atomic mass is 32.2. The second-order valence-electron chi connectivity index (χ2n) is 8.36. The van der Waals surface area contributed by atoms with Crippen LogP contribution in [0.1, 0.15) is 32.7 Å². The lowest BCUT2D eigenvalue weighted by Crippen LogP contribution is -2.45. The number of amides is 2. The lowest BCUT2D eigenvalue weighted by molar-refractivity contribution is -0.141. The fraction of sp³-hybridized carbons (Fsp3) is 0.192. The molecular weight excluding hydrogens is 484 g/mol. The summed E-state index contributed by atoms with van der Waals surface area (Å²) < 4.78 is 32.7. The summed E-state index contributed by atoms with van der Waals surface area (Å²) in [6, 6.07) is 17.9. The van der Waals surface area contributed by atoms with Gasteiger partial charge in [0.15, 0.2) is 0 Å². The van der Waals surface area contributed by atoms with Crippen LogP contribution in [0.2, 0.25) is 0 Å². The molecule has 9 nitrogen and oxygen atoms in total. The number of hydrogen-bond acceptors (Lipinski definition) is 6. The highest BCUT2D eigenvalue weighted by molar-refractivity contribution is 7.89. The highest BCUT2D eigenvalue weighted by Gasteiger charge is 2.38. The van der Waals surface area contributed by atoms with Gasteiger partial charge in [0.05, 0.1) is 16.0 Å². The molecule has 1 unspecified atom stereocenters. The van der Waals surface area contributed by atoms with E-state index in [-0.39, 0.29) is 29.0 Å². The Labute approximate surface area is 208 Å². The SMILES string of the molecule is Cc1ccc2c(c1)C(=O)N(CCC(C(=O)O)N(C)S(=O)(=O)c1ccc(Oc3ccccc3)cc1)C2=O. The number of benzene rings is 3. The first kappa shape index (κ1) is 25.1. The molecule has 2 amide bonds. The number of carboxylic acid groups (broad SMARTS) is 1. The van der Waals surface area contributed by atoms with E-state index in [0.717, 1.165) is 21.8 Å². The molecule has 0 radical (unpaired) electrons. The number of hydrogen-bond donors (Lipinski definition) is 1. The van der Waals surface area contributed by atoms with Gasteiger partial charge >= 0.3 is 5.97 Å². The number of aliphatic carboxylic acids is 1. The van der Waals surface area contributed by atoms with Crippen LogP contribution in [-0.2, 0) is 14.8 Å². The third kappa shape index (κ3) is 4.86. The van der Waals surface area contributed by atoms with Gasteiger partial charge in [0.2, 0.25) is 10.0 Å². The molecule has 0 bridgehead atoms. The maximum atomic E-state index is 13.2. The number of carbonyl (C=O) groups excluding carboxylic acids is 2. The molecule has 1 aliphatic heterocycles. The third-order valence-electron chi connectivity index (χ3n) is 5.96. The van der Waals surface area contributed by atoms with Gasteiger partial charge in [0.25, 0.3) is 11.8 Å². The summed E-state index contributed by atoms with van der Waals surface area (Å²) in [4.78, 5) is 38.2. The molecule has 1 atom stereocenters. The molecule has 10 heteroatoms. The maximum absolute atomic E-state index is 13.2. The van der Waals surface area contributed by atoms with Gasteiger partial charge in [-0.1, -0.05) is 29.8 Å². The van der Waals surface area contributed by atoms with Crippen LogP contribution in [0.25, 0.3) is 0 Å². The Bertz CT molecular complexity index is 1420. The van der Waals surface area contributed by atoms with Gasteiger partial charge in [0, 0.05) is 13.6 Å². The number of imide groups is 1. The van der Waals surface area contributed by atoms with E-state index in [2.05, 4.69) is 0 Å². The first-order valence-corrected chi connectivity index (χ1v) is 12.5. The zero-order valence-corrected chi connectivity index (χ0v) is 20.4. The number of rotatable bonds is 9. The molecule has 0 fully saturated rings. The first-order valence-electron chi connectivity index (χ1n) is 11.1. The van der Waals surface area contributed by atoms with Crippen LogP contribution in [0.3, 0.4) is 0 Å². The van der Waals surface area contributed by atoms with Gasteiger partial charge in [-0.05, 0) is 61.9 Å². The van der Waals surface area contributed by atoms with Crippen molar-refractivity contribution in [3.8, 4) is 11.5 Å². The molecule has 36 heavy (non-hydrogen) atoms. The Balaban J connectivity index is 1.48. The number of carboxylic acids is 1. The van der Waals surface area contributed by atoms with Crippen LogP contribution in [-0.4, -0.2) is 60.1 Å². The Kier molecular flexibility index (Phi) is 6.91. The molecule has 3 aromatic rings. The summed E-state index contributed by atoms with van der Waals surface area (Å²) >= 11 is 0. The molecule has 3 aromatic carbocycles. The summed E-state index contributed by atoms with van der Waals surface area (Å²) in [6.45, 7) is 1.55. The Hall–Kier alpha value is -4.02. The van der Waals surface area contributed by atoms with Gasteiger partial charge < -0.3 is 9.84 Å². The quantitative estimate of drug-likeness (QED) is 0.439. The number of aryl methyl sites for hydroxylation is 1. The predicted molar refractivity (Wildman–Crippen MR) is 130 cm³/mol.